The second-order valence-electron chi connectivity index (χ2n) is 7.31. The lowest BCUT2D eigenvalue weighted by Crippen LogP contribution is -3.12. The number of nitrogens with zero attached hydrogens (tertiary/aromatic N) is 1. The molecular weight excluding hydrogens is 354 g/mol. The number of amides is 1. The molecule has 2 aromatic rings. The molecule has 6 nitrogen and oxygen atoms in total. The Morgan fingerprint density at radius 1 is 1.11 bits per heavy atom. The van der Waals surface area contributed by atoms with Gasteiger partial charge in [0.25, 0.3) is 5.91 Å². The molecule has 0 aliphatic carbocycles. The number of likely N-dealkylation sites (N-methyl/N-ethyl adjacent to an activating group) is 1. The summed E-state index contributed by atoms with van der Waals surface area (Å²) in [6.07, 6.45) is 0. The summed E-state index contributed by atoms with van der Waals surface area (Å²) in [5, 5.41) is 3.01. The topological polar surface area (TPSA) is 55.2 Å². The van der Waals surface area contributed by atoms with Crippen molar-refractivity contribution in [2.45, 2.75) is 26.4 Å². The number of nitrogens with one attached hydrogen (secondary N) is 2. The van der Waals surface area contributed by atoms with Crippen LogP contribution in [0.4, 0.5) is 11.4 Å². The fourth-order valence-electron chi connectivity index (χ4n) is 2.98. The Kier molecular flexibility index (Phi) is 7.29. The van der Waals surface area contributed by atoms with Gasteiger partial charge in [-0.15, -0.1) is 0 Å². The molecule has 0 aliphatic rings. The Labute approximate surface area is 168 Å². The molecule has 0 spiro atoms. The smallest absolute Gasteiger partial charge is 0.282 e. The molecule has 0 aliphatic heterocycles. The van der Waals surface area contributed by atoms with Crippen LogP contribution in [-0.2, 0) is 11.3 Å². The number of rotatable bonds is 8. The van der Waals surface area contributed by atoms with Crippen LogP contribution in [-0.4, -0.2) is 47.3 Å². The van der Waals surface area contributed by atoms with Gasteiger partial charge in [-0.05, 0) is 55.8 Å². The zero-order chi connectivity index (χ0) is 20.8. The summed E-state index contributed by atoms with van der Waals surface area (Å²) in [5.41, 5.74) is 4.14. The van der Waals surface area contributed by atoms with Crippen molar-refractivity contribution in [1.82, 2.24) is 0 Å². The molecule has 0 saturated carbocycles. The summed E-state index contributed by atoms with van der Waals surface area (Å²) in [5.74, 6) is 1.41. The number of hydrogen-bond acceptors (Lipinski definition) is 4. The highest BCUT2D eigenvalue weighted by atomic mass is 16.5. The molecule has 152 valence electrons. The van der Waals surface area contributed by atoms with Crippen LogP contribution in [0.15, 0.2) is 36.4 Å². The standard InChI is InChI=1S/C22H31N3O3/c1-15-12-20(27-6)21(28-7)13-17(15)14-25(5)16(2)22(26)23-18-8-10-19(11-9-18)24(3)4/h8-13,16H,14H2,1-7H3,(H,23,26)/p+1/t16-/m1/s1. The third kappa shape index (κ3) is 5.16. The Morgan fingerprint density at radius 3 is 2.21 bits per heavy atom. The molecule has 0 heterocycles. The molecular formula is C22H32N3O3+. The number of carbonyl (C=O) groups excluding carboxylic acids is 1. The van der Waals surface area contributed by atoms with Crippen molar-refractivity contribution in [3.05, 3.63) is 47.5 Å². The van der Waals surface area contributed by atoms with E-state index >= 15 is 0 Å². The predicted octanol–water partition coefficient (Wildman–Crippen LogP) is 2.12. The van der Waals surface area contributed by atoms with Crippen LogP contribution in [0.2, 0.25) is 0 Å². The van der Waals surface area contributed by atoms with Gasteiger partial charge in [0.1, 0.15) is 6.54 Å². The maximum Gasteiger partial charge on any atom is 0.282 e. The largest absolute Gasteiger partial charge is 0.493 e. The highest BCUT2D eigenvalue weighted by Crippen LogP contribution is 2.29. The van der Waals surface area contributed by atoms with Gasteiger partial charge in [0, 0.05) is 31.0 Å². The average molecular weight is 387 g/mol. The SMILES string of the molecule is COc1cc(C)c(C[NH+](C)[C@H](C)C(=O)Nc2ccc(N(C)C)cc2)cc1OC. The number of hydrogen-bond donors (Lipinski definition) is 2. The lowest BCUT2D eigenvalue weighted by molar-refractivity contribution is -0.907. The van der Waals surface area contributed by atoms with Crippen molar-refractivity contribution < 1.29 is 19.2 Å². The highest BCUT2D eigenvalue weighted by Gasteiger charge is 2.23. The van der Waals surface area contributed by atoms with E-state index in [4.69, 9.17) is 9.47 Å². The van der Waals surface area contributed by atoms with Gasteiger partial charge in [0.05, 0.1) is 21.3 Å². The van der Waals surface area contributed by atoms with Crippen molar-refractivity contribution in [2.24, 2.45) is 0 Å². The van der Waals surface area contributed by atoms with Crippen LogP contribution in [0.1, 0.15) is 18.1 Å². The number of quaternary nitrogens is 1. The molecule has 0 radical (unpaired) electrons. The Hall–Kier alpha value is -2.73. The summed E-state index contributed by atoms with van der Waals surface area (Å²) in [7, 11) is 9.26. The van der Waals surface area contributed by atoms with E-state index in [-0.39, 0.29) is 11.9 Å². The van der Waals surface area contributed by atoms with Gasteiger partial charge >= 0.3 is 0 Å². The van der Waals surface area contributed by atoms with Crippen molar-refractivity contribution in [3.63, 3.8) is 0 Å². The summed E-state index contributed by atoms with van der Waals surface area (Å²) >= 11 is 0. The second-order valence-corrected chi connectivity index (χ2v) is 7.31. The maximum atomic E-state index is 12.7. The number of carbonyl (C=O) groups is 1. The minimum absolute atomic E-state index is 0.00627. The number of aryl methyl sites for hydroxylation is 1. The van der Waals surface area contributed by atoms with E-state index in [1.807, 2.05) is 76.3 Å². The summed E-state index contributed by atoms with van der Waals surface area (Å²) in [6, 6.07) is 11.6. The molecule has 1 amide bonds. The molecule has 0 saturated heterocycles. The lowest BCUT2D eigenvalue weighted by atomic mass is 10.1. The molecule has 0 bridgehead atoms. The normalized spacial score (nSPS) is 12.8. The zero-order valence-electron chi connectivity index (χ0n) is 17.9. The zero-order valence-corrected chi connectivity index (χ0v) is 17.9. The van der Waals surface area contributed by atoms with Crippen molar-refractivity contribution in [3.8, 4) is 11.5 Å². The van der Waals surface area contributed by atoms with Crippen LogP contribution >= 0.6 is 0 Å². The molecule has 0 fully saturated rings. The van der Waals surface area contributed by atoms with Gasteiger partial charge in [0.15, 0.2) is 17.5 Å². The summed E-state index contributed by atoms with van der Waals surface area (Å²) in [6.45, 7) is 4.69. The first-order chi connectivity index (χ1) is 13.3. The molecule has 2 aromatic carbocycles. The molecule has 6 heteroatoms. The Bertz CT molecular complexity index is 803. The monoisotopic (exact) mass is 386 g/mol. The van der Waals surface area contributed by atoms with E-state index in [1.165, 1.54) is 0 Å². The first kappa shape index (κ1) is 21.6. The molecule has 28 heavy (non-hydrogen) atoms. The van der Waals surface area contributed by atoms with Crippen LogP contribution in [0.3, 0.4) is 0 Å². The third-order valence-corrected chi connectivity index (χ3v) is 5.10. The number of anilines is 2. The number of methoxy groups -OCH3 is 2. The summed E-state index contributed by atoms with van der Waals surface area (Å²) < 4.78 is 10.8. The number of benzene rings is 2. The van der Waals surface area contributed by atoms with E-state index in [1.54, 1.807) is 14.2 Å². The first-order valence-electron chi connectivity index (χ1n) is 9.38. The van der Waals surface area contributed by atoms with Gasteiger partial charge in [-0.2, -0.15) is 0 Å². The van der Waals surface area contributed by atoms with Gasteiger partial charge < -0.3 is 24.6 Å². The Balaban J connectivity index is 2.05. The van der Waals surface area contributed by atoms with E-state index < -0.39 is 0 Å². The van der Waals surface area contributed by atoms with Crippen LogP contribution in [0.5, 0.6) is 11.5 Å². The lowest BCUT2D eigenvalue weighted by Gasteiger charge is -2.23. The Morgan fingerprint density at radius 2 is 1.68 bits per heavy atom. The van der Waals surface area contributed by atoms with Crippen LogP contribution in [0.25, 0.3) is 0 Å². The fourth-order valence-corrected chi connectivity index (χ4v) is 2.98. The van der Waals surface area contributed by atoms with E-state index in [2.05, 4.69) is 5.32 Å². The van der Waals surface area contributed by atoms with E-state index in [0.29, 0.717) is 18.0 Å². The van der Waals surface area contributed by atoms with E-state index in [9.17, 15) is 4.79 Å². The van der Waals surface area contributed by atoms with E-state index in [0.717, 1.165) is 27.4 Å². The van der Waals surface area contributed by atoms with Crippen molar-refractivity contribution in [2.75, 3.05) is 45.6 Å². The van der Waals surface area contributed by atoms with Crippen LogP contribution in [0, 0.1) is 6.92 Å². The van der Waals surface area contributed by atoms with Gasteiger partial charge in [-0.1, -0.05) is 0 Å². The highest BCUT2D eigenvalue weighted by molar-refractivity contribution is 5.93. The molecule has 1 unspecified atom stereocenters. The molecule has 2 atom stereocenters. The first-order valence-corrected chi connectivity index (χ1v) is 9.38. The van der Waals surface area contributed by atoms with Gasteiger partial charge in [-0.3, -0.25) is 4.79 Å². The third-order valence-electron chi connectivity index (χ3n) is 5.10. The maximum absolute atomic E-state index is 12.7. The number of ether oxygens (including phenoxy) is 2. The minimum Gasteiger partial charge on any atom is -0.493 e. The van der Waals surface area contributed by atoms with Crippen molar-refractivity contribution in [1.29, 1.82) is 0 Å². The second kappa shape index (κ2) is 9.46. The molecule has 2 rings (SSSR count). The summed E-state index contributed by atoms with van der Waals surface area (Å²) in [4.78, 5) is 15.8. The minimum atomic E-state index is -0.207. The average Bonchev–Trinajstić information content (AvgIpc) is 2.68. The van der Waals surface area contributed by atoms with Gasteiger partial charge in [0.2, 0.25) is 0 Å². The fraction of sp³-hybridized carbons (Fsp3) is 0.409. The predicted molar refractivity (Wildman–Crippen MR) is 114 cm³/mol. The molecule has 2 N–H and O–H groups in total. The molecule has 0 aromatic heterocycles. The van der Waals surface area contributed by atoms with Crippen LogP contribution < -0.4 is 24.6 Å². The van der Waals surface area contributed by atoms with Gasteiger partial charge in [-0.25, -0.2) is 0 Å². The quantitative estimate of drug-likeness (QED) is 0.730. The van der Waals surface area contributed by atoms with Crippen molar-refractivity contribution >= 4 is 17.3 Å².